The Kier molecular flexibility index (Phi) is 3.17. The van der Waals surface area contributed by atoms with Crippen molar-refractivity contribution >= 4 is 29.5 Å². The van der Waals surface area contributed by atoms with Crippen molar-refractivity contribution < 1.29 is 4.79 Å². The van der Waals surface area contributed by atoms with E-state index in [-0.39, 0.29) is 5.82 Å². The molecule has 1 heterocycles. The van der Waals surface area contributed by atoms with Crippen molar-refractivity contribution in [2.24, 2.45) is 0 Å². The second-order valence-electron chi connectivity index (χ2n) is 3.11. The van der Waals surface area contributed by atoms with Gasteiger partial charge in [-0.25, -0.2) is 9.97 Å². The number of aromatic nitrogens is 2. The lowest BCUT2D eigenvalue weighted by molar-refractivity contribution is 0.111. The van der Waals surface area contributed by atoms with E-state index < -0.39 is 0 Å². The highest BCUT2D eigenvalue weighted by atomic mass is 35.5. The van der Waals surface area contributed by atoms with Crippen LogP contribution in [0.25, 0.3) is 11.1 Å². The number of aldehydes is 1. The predicted molar refractivity (Wildman–Crippen MR) is 62.9 cm³/mol. The summed E-state index contributed by atoms with van der Waals surface area (Å²) in [6, 6.07) is 5.16. The molecule has 0 bridgehead atoms. The molecule has 2 rings (SSSR count). The summed E-state index contributed by atoms with van der Waals surface area (Å²) in [5.74, 6) is 0.150. The summed E-state index contributed by atoms with van der Waals surface area (Å²) in [6.45, 7) is 0. The number of halogens is 2. The van der Waals surface area contributed by atoms with Crippen LogP contribution in [0.15, 0.2) is 30.6 Å². The Bertz CT molecular complexity index is 506. The first-order valence-corrected chi connectivity index (χ1v) is 5.18. The number of rotatable bonds is 2. The lowest BCUT2D eigenvalue weighted by Crippen LogP contribution is -1.91. The van der Waals surface area contributed by atoms with E-state index in [1.807, 2.05) is 0 Å². The Morgan fingerprint density at radius 2 is 1.50 bits per heavy atom. The number of carbonyl (C=O) groups is 1. The van der Waals surface area contributed by atoms with E-state index in [0.717, 1.165) is 11.1 Å². The normalized spacial score (nSPS) is 10.1. The van der Waals surface area contributed by atoms with Crippen molar-refractivity contribution in [3.8, 4) is 11.1 Å². The molecule has 1 aromatic heterocycles. The first-order chi connectivity index (χ1) is 7.69. The summed E-state index contributed by atoms with van der Waals surface area (Å²) in [5.41, 5.74) is 1.57. The lowest BCUT2D eigenvalue weighted by Gasteiger charge is -2.02. The third-order valence-electron chi connectivity index (χ3n) is 1.97. The minimum atomic E-state index is 0.150. The van der Waals surface area contributed by atoms with Crippen LogP contribution in [0.1, 0.15) is 10.6 Å². The molecule has 0 saturated heterocycles. The van der Waals surface area contributed by atoms with Gasteiger partial charge < -0.3 is 0 Å². The summed E-state index contributed by atoms with van der Waals surface area (Å²) in [4.78, 5) is 18.1. The molecule has 0 aliphatic heterocycles. The highest BCUT2D eigenvalue weighted by Crippen LogP contribution is 2.26. The fraction of sp³-hybridized carbons (Fsp3) is 0. The van der Waals surface area contributed by atoms with Gasteiger partial charge in [0.1, 0.15) is 0 Å². The maximum absolute atomic E-state index is 10.4. The van der Waals surface area contributed by atoms with Crippen LogP contribution in [0.4, 0.5) is 0 Å². The van der Waals surface area contributed by atoms with Crippen molar-refractivity contribution in [2.75, 3.05) is 0 Å². The summed E-state index contributed by atoms with van der Waals surface area (Å²) >= 11 is 11.8. The van der Waals surface area contributed by atoms with Crippen LogP contribution in [-0.4, -0.2) is 16.3 Å². The molecule has 0 unspecified atom stereocenters. The van der Waals surface area contributed by atoms with E-state index in [2.05, 4.69) is 9.97 Å². The van der Waals surface area contributed by atoms with Gasteiger partial charge in [-0.05, 0) is 23.8 Å². The minimum Gasteiger partial charge on any atom is -0.294 e. The molecule has 0 aliphatic carbocycles. The summed E-state index contributed by atoms with van der Waals surface area (Å²) < 4.78 is 0. The fourth-order valence-corrected chi connectivity index (χ4v) is 1.79. The SMILES string of the molecule is O=Cc1ncc(-c2cc(Cl)cc(Cl)c2)cn1. The summed E-state index contributed by atoms with van der Waals surface area (Å²) in [7, 11) is 0. The van der Waals surface area contributed by atoms with Crippen LogP contribution >= 0.6 is 23.2 Å². The molecular weight excluding hydrogens is 247 g/mol. The number of nitrogens with zero attached hydrogens (tertiary/aromatic N) is 2. The maximum atomic E-state index is 10.4. The second-order valence-corrected chi connectivity index (χ2v) is 3.98. The average molecular weight is 253 g/mol. The van der Waals surface area contributed by atoms with E-state index in [4.69, 9.17) is 23.2 Å². The standard InChI is InChI=1S/C11H6Cl2N2O/c12-9-1-7(2-10(13)3-9)8-4-14-11(6-16)15-5-8/h1-6H. The van der Waals surface area contributed by atoms with Crippen molar-refractivity contribution in [2.45, 2.75) is 0 Å². The number of benzene rings is 1. The van der Waals surface area contributed by atoms with Gasteiger partial charge in [-0.2, -0.15) is 0 Å². The predicted octanol–water partition coefficient (Wildman–Crippen LogP) is 3.26. The highest BCUT2D eigenvalue weighted by molar-refractivity contribution is 6.35. The molecule has 1 aromatic carbocycles. The quantitative estimate of drug-likeness (QED) is 0.771. The Morgan fingerprint density at radius 3 is 2.00 bits per heavy atom. The molecule has 0 fully saturated rings. The van der Waals surface area contributed by atoms with Gasteiger partial charge in [0.05, 0.1) is 0 Å². The van der Waals surface area contributed by atoms with Gasteiger partial charge >= 0.3 is 0 Å². The Labute approximate surface area is 102 Å². The smallest absolute Gasteiger partial charge is 0.192 e. The van der Waals surface area contributed by atoms with Crippen LogP contribution < -0.4 is 0 Å². The molecule has 0 aliphatic rings. The number of hydrogen-bond donors (Lipinski definition) is 0. The third kappa shape index (κ3) is 2.38. The maximum Gasteiger partial charge on any atom is 0.192 e. The molecule has 0 radical (unpaired) electrons. The zero-order valence-corrected chi connectivity index (χ0v) is 9.53. The van der Waals surface area contributed by atoms with Crippen molar-refractivity contribution in [3.63, 3.8) is 0 Å². The topological polar surface area (TPSA) is 42.9 Å². The molecule has 0 atom stereocenters. The van der Waals surface area contributed by atoms with Gasteiger partial charge in [0, 0.05) is 28.0 Å². The van der Waals surface area contributed by atoms with Gasteiger partial charge in [-0.15, -0.1) is 0 Å². The van der Waals surface area contributed by atoms with Crippen LogP contribution in [0.5, 0.6) is 0 Å². The van der Waals surface area contributed by atoms with E-state index in [1.54, 1.807) is 30.6 Å². The first kappa shape index (κ1) is 11.0. The van der Waals surface area contributed by atoms with Gasteiger partial charge in [0.2, 0.25) is 0 Å². The first-order valence-electron chi connectivity index (χ1n) is 4.43. The molecule has 3 nitrogen and oxygen atoms in total. The van der Waals surface area contributed by atoms with E-state index in [0.29, 0.717) is 16.3 Å². The van der Waals surface area contributed by atoms with Gasteiger partial charge in [0.25, 0.3) is 0 Å². The average Bonchev–Trinajstić information content (AvgIpc) is 2.28. The molecule has 0 N–H and O–H groups in total. The zero-order chi connectivity index (χ0) is 11.5. The van der Waals surface area contributed by atoms with E-state index in [9.17, 15) is 4.79 Å². The third-order valence-corrected chi connectivity index (χ3v) is 2.41. The zero-order valence-electron chi connectivity index (χ0n) is 8.02. The highest BCUT2D eigenvalue weighted by Gasteiger charge is 2.02. The van der Waals surface area contributed by atoms with Gasteiger partial charge in [-0.3, -0.25) is 4.79 Å². The monoisotopic (exact) mass is 252 g/mol. The van der Waals surface area contributed by atoms with Gasteiger partial charge in [-0.1, -0.05) is 23.2 Å². The molecule has 16 heavy (non-hydrogen) atoms. The van der Waals surface area contributed by atoms with E-state index in [1.165, 1.54) is 0 Å². The number of carbonyl (C=O) groups excluding carboxylic acids is 1. The Balaban J connectivity index is 2.45. The van der Waals surface area contributed by atoms with Crippen molar-refractivity contribution in [1.29, 1.82) is 0 Å². The van der Waals surface area contributed by atoms with Crippen LogP contribution in [0.3, 0.4) is 0 Å². The van der Waals surface area contributed by atoms with Crippen molar-refractivity contribution in [3.05, 3.63) is 46.5 Å². The molecule has 0 saturated carbocycles. The van der Waals surface area contributed by atoms with Crippen LogP contribution in [-0.2, 0) is 0 Å². The van der Waals surface area contributed by atoms with Gasteiger partial charge in [0.15, 0.2) is 12.1 Å². The van der Waals surface area contributed by atoms with E-state index >= 15 is 0 Å². The fourth-order valence-electron chi connectivity index (χ4n) is 1.27. The summed E-state index contributed by atoms with van der Waals surface area (Å²) in [5, 5.41) is 1.09. The number of hydrogen-bond acceptors (Lipinski definition) is 3. The Morgan fingerprint density at radius 1 is 0.938 bits per heavy atom. The minimum absolute atomic E-state index is 0.150. The Hall–Kier alpha value is -1.45. The lowest BCUT2D eigenvalue weighted by atomic mass is 10.1. The molecule has 0 amide bonds. The largest absolute Gasteiger partial charge is 0.294 e. The van der Waals surface area contributed by atoms with Crippen LogP contribution in [0, 0.1) is 0 Å². The summed E-state index contributed by atoms with van der Waals surface area (Å²) in [6.07, 6.45) is 3.70. The van der Waals surface area contributed by atoms with Crippen molar-refractivity contribution in [1.82, 2.24) is 9.97 Å². The molecule has 5 heteroatoms. The molecule has 2 aromatic rings. The molecule has 0 spiro atoms. The molecular formula is C11H6Cl2N2O. The molecule has 80 valence electrons. The second kappa shape index (κ2) is 4.60. The van der Waals surface area contributed by atoms with Crippen LogP contribution in [0.2, 0.25) is 10.0 Å².